The molecular formula is C20H23N3O2S. The van der Waals surface area contributed by atoms with Gasteiger partial charge in [0.15, 0.2) is 5.78 Å². The average molecular weight is 369 g/mol. The van der Waals surface area contributed by atoms with E-state index in [2.05, 4.69) is 14.9 Å². The maximum Gasteiger partial charge on any atom is 0.220 e. The number of para-hydroxylation sites is 2. The van der Waals surface area contributed by atoms with E-state index in [1.54, 1.807) is 11.3 Å². The molecule has 1 amide bonds. The summed E-state index contributed by atoms with van der Waals surface area (Å²) in [6.07, 6.45) is 3.15. The van der Waals surface area contributed by atoms with Crippen LogP contribution in [0.25, 0.3) is 11.0 Å². The Bertz CT molecular complexity index is 926. The molecule has 0 radical (unpaired) electrons. The molecule has 0 fully saturated rings. The fourth-order valence-electron chi connectivity index (χ4n) is 3.02. The lowest BCUT2D eigenvalue weighted by Gasteiger charge is -2.06. The minimum absolute atomic E-state index is 0.0480. The number of benzene rings is 1. The molecule has 0 aliphatic heterocycles. The number of imidazole rings is 1. The molecule has 3 rings (SSSR count). The van der Waals surface area contributed by atoms with E-state index in [1.807, 2.05) is 50.5 Å². The molecule has 2 heterocycles. The molecule has 0 spiro atoms. The topological polar surface area (TPSA) is 64.0 Å². The third-order valence-corrected chi connectivity index (χ3v) is 5.31. The Balaban J connectivity index is 1.39. The molecule has 26 heavy (non-hydrogen) atoms. The van der Waals surface area contributed by atoms with Crippen molar-refractivity contribution in [3.05, 3.63) is 52.0 Å². The summed E-state index contributed by atoms with van der Waals surface area (Å²) in [5.74, 6) is -0.0228. The highest BCUT2D eigenvalue weighted by Gasteiger charge is 2.13. The van der Waals surface area contributed by atoms with E-state index in [4.69, 9.17) is 0 Å². The van der Waals surface area contributed by atoms with Crippen LogP contribution in [0.2, 0.25) is 0 Å². The summed E-state index contributed by atoms with van der Waals surface area (Å²) >= 11 is 1.62. The maximum atomic E-state index is 12.2. The molecule has 0 atom stereocenters. The van der Waals surface area contributed by atoms with Gasteiger partial charge in [-0.2, -0.15) is 0 Å². The summed E-state index contributed by atoms with van der Waals surface area (Å²) in [7, 11) is 0. The van der Waals surface area contributed by atoms with Crippen LogP contribution in [0.1, 0.15) is 39.4 Å². The lowest BCUT2D eigenvalue weighted by Crippen LogP contribution is -2.25. The molecule has 136 valence electrons. The third kappa shape index (κ3) is 4.38. The Morgan fingerprint density at radius 1 is 1.19 bits per heavy atom. The summed E-state index contributed by atoms with van der Waals surface area (Å²) in [6.45, 7) is 5.33. The molecular weight excluding hydrogens is 346 g/mol. The van der Waals surface area contributed by atoms with Gasteiger partial charge in [-0.1, -0.05) is 12.1 Å². The van der Waals surface area contributed by atoms with Gasteiger partial charge in [-0.25, -0.2) is 4.98 Å². The molecule has 3 aromatic rings. The highest BCUT2D eigenvalue weighted by atomic mass is 32.1. The third-order valence-electron chi connectivity index (χ3n) is 4.35. The molecule has 1 N–H and O–H groups in total. The second-order valence-corrected chi connectivity index (χ2v) is 7.84. The van der Waals surface area contributed by atoms with Gasteiger partial charge in [0, 0.05) is 41.2 Å². The smallest absolute Gasteiger partial charge is 0.220 e. The van der Waals surface area contributed by atoms with Crippen LogP contribution in [0.4, 0.5) is 0 Å². The average Bonchev–Trinajstić information content (AvgIpc) is 3.19. The van der Waals surface area contributed by atoms with Crippen molar-refractivity contribution in [2.45, 2.75) is 39.7 Å². The molecule has 1 aromatic carbocycles. The van der Waals surface area contributed by atoms with E-state index < -0.39 is 0 Å². The largest absolute Gasteiger partial charge is 0.356 e. The van der Waals surface area contributed by atoms with Crippen molar-refractivity contribution in [2.24, 2.45) is 0 Å². The van der Waals surface area contributed by atoms with E-state index in [0.717, 1.165) is 39.3 Å². The zero-order valence-corrected chi connectivity index (χ0v) is 15.9. The van der Waals surface area contributed by atoms with Crippen LogP contribution in [-0.2, 0) is 11.3 Å². The van der Waals surface area contributed by atoms with Crippen LogP contribution in [0.5, 0.6) is 0 Å². The van der Waals surface area contributed by atoms with E-state index in [1.165, 1.54) is 0 Å². The predicted molar refractivity (Wildman–Crippen MR) is 105 cm³/mol. The molecule has 5 nitrogen and oxygen atoms in total. The number of Topliss-reactive ketones (excluding diaryl/α,β-unsaturated/α-hetero) is 1. The van der Waals surface area contributed by atoms with Crippen molar-refractivity contribution in [3.8, 4) is 0 Å². The van der Waals surface area contributed by atoms with Crippen LogP contribution < -0.4 is 5.32 Å². The van der Waals surface area contributed by atoms with Crippen LogP contribution in [0.3, 0.4) is 0 Å². The van der Waals surface area contributed by atoms with Crippen molar-refractivity contribution >= 4 is 34.1 Å². The Morgan fingerprint density at radius 2 is 2.00 bits per heavy atom. The number of hydrogen-bond acceptors (Lipinski definition) is 4. The first-order chi connectivity index (χ1) is 12.5. The van der Waals surface area contributed by atoms with Gasteiger partial charge < -0.3 is 9.88 Å². The van der Waals surface area contributed by atoms with Gasteiger partial charge in [0.1, 0.15) is 0 Å². The van der Waals surface area contributed by atoms with E-state index in [0.29, 0.717) is 6.54 Å². The van der Waals surface area contributed by atoms with E-state index in [-0.39, 0.29) is 24.5 Å². The van der Waals surface area contributed by atoms with Gasteiger partial charge in [0.25, 0.3) is 0 Å². The van der Waals surface area contributed by atoms with Gasteiger partial charge in [0.2, 0.25) is 5.91 Å². The number of hydrogen-bond donors (Lipinski definition) is 1. The van der Waals surface area contributed by atoms with Crippen molar-refractivity contribution in [1.29, 1.82) is 0 Å². The summed E-state index contributed by atoms with van der Waals surface area (Å²) in [6, 6.07) is 9.91. The fourth-order valence-corrected chi connectivity index (χ4v) is 3.97. The molecule has 0 saturated heterocycles. The molecule has 0 unspecified atom stereocenters. The van der Waals surface area contributed by atoms with Crippen LogP contribution >= 0.6 is 11.3 Å². The molecule has 2 aromatic heterocycles. The Kier molecular flexibility index (Phi) is 5.83. The highest BCUT2D eigenvalue weighted by molar-refractivity contribution is 7.12. The van der Waals surface area contributed by atoms with Gasteiger partial charge in [-0.05, 0) is 38.5 Å². The molecule has 0 bridgehead atoms. The number of carbonyl (C=O) groups is 2. The number of aromatic nitrogens is 2. The summed E-state index contributed by atoms with van der Waals surface area (Å²) in [5.41, 5.74) is 2.84. The SMILES string of the molecule is Cc1cc(C(=O)CCC(=O)NCCCn2cnc3ccccc32)c(C)s1. The van der Waals surface area contributed by atoms with Gasteiger partial charge in [0.05, 0.1) is 17.4 Å². The van der Waals surface area contributed by atoms with Crippen LogP contribution in [0.15, 0.2) is 36.7 Å². The number of aryl methyl sites for hydroxylation is 3. The van der Waals surface area contributed by atoms with Crippen LogP contribution in [-0.4, -0.2) is 27.8 Å². The molecule has 0 aliphatic rings. The fraction of sp³-hybridized carbons (Fsp3) is 0.350. The predicted octanol–water partition coefficient (Wildman–Crippen LogP) is 3.88. The van der Waals surface area contributed by atoms with Crippen molar-refractivity contribution < 1.29 is 9.59 Å². The van der Waals surface area contributed by atoms with Crippen molar-refractivity contribution in [2.75, 3.05) is 6.54 Å². The minimum Gasteiger partial charge on any atom is -0.356 e. The first-order valence-corrected chi connectivity index (χ1v) is 9.63. The number of amides is 1. The summed E-state index contributed by atoms with van der Waals surface area (Å²) in [5, 5.41) is 2.90. The van der Waals surface area contributed by atoms with Crippen molar-refractivity contribution in [3.63, 3.8) is 0 Å². The van der Waals surface area contributed by atoms with E-state index in [9.17, 15) is 9.59 Å². The summed E-state index contributed by atoms with van der Waals surface area (Å²) < 4.78 is 2.09. The van der Waals surface area contributed by atoms with Gasteiger partial charge >= 0.3 is 0 Å². The number of thiophene rings is 1. The maximum absolute atomic E-state index is 12.2. The Hall–Kier alpha value is -2.47. The zero-order valence-electron chi connectivity index (χ0n) is 15.1. The minimum atomic E-state index is -0.0709. The second-order valence-electron chi connectivity index (χ2n) is 6.38. The number of nitrogens with one attached hydrogen (secondary N) is 1. The Morgan fingerprint density at radius 3 is 2.77 bits per heavy atom. The zero-order chi connectivity index (χ0) is 18.5. The number of ketones is 1. The molecule has 0 aliphatic carbocycles. The molecule has 6 heteroatoms. The van der Waals surface area contributed by atoms with Crippen LogP contribution in [0, 0.1) is 13.8 Å². The first-order valence-electron chi connectivity index (χ1n) is 8.81. The number of fused-ring (bicyclic) bond motifs is 1. The number of rotatable bonds is 8. The second kappa shape index (κ2) is 8.27. The standard InChI is InChI=1S/C20H23N3O2S/c1-14-12-16(15(2)26-14)19(24)8-9-20(25)21-10-5-11-23-13-22-17-6-3-4-7-18(17)23/h3-4,6-7,12-13H,5,8-11H2,1-2H3,(H,21,25). The number of nitrogens with zero attached hydrogens (tertiary/aromatic N) is 2. The normalized spacial score (nSPS) is 11.0. The highest BCUT2D eigenvalue weighted by Crippen LogP contribution is 2.22. The van der Waals surface area contributed by atoms with Gasteiger partial charge in [-0.15, -0.1) is 11.3 Å². The lowest BCUT2D eigenvalue weighted by molar-refractivity contribution is -0.121. The van der Waals surface area contributed by atoms with Gasteiger partial charge in [-0.3, -0.25) is 9.59 Å². The molecule has 0 saturated carbocycles. The van der Waals surface area contributed by atoms with Crippen molar-refractivity contribution in [1.82, 2.24) is 14.9 Å². The summed E-state index contributed by atoms with van der Waals surface area (Å²) in [4.78, 5) is 30.7. The Labute approximate surface area is 157 Å². The monoisotopic (exact) mass is 369 g/mol. The quantitative estimate of drug-likeness (QED) is 0.484. The lowest BCUT2D eigenvalue weighted by atomic mass is 10.1. The first kappa shape index (κ1) is 18.3. The van der Waals surface area contributed by atoms with E-state index >= 15 is 0 Å². The number of carbonyl (C=O) groups excluding carboxylic acids is 2.